The highest BCUT2D eigenvalue weighted by Crippen LogP contribution is 2.15. The summed E-state index contributed by atoms with van der Waals surface area (Å²) in [4.78, 5) is 14.7. The van der Waals surface area contributed by atoms with Crippen molar-refractivity contribution in [3.05, 3.63) is 47.2 Å². The van der Waals surface area contributed by atoms with Gasteiger partial charge in [0.25, 0.3) is 0 Å². The third-order valence-corrected chi connectivity index (χ3v) is 2.64. The zero-order valence-corrected chi connectivity index (χ0v) is 10.8. The zero-order valence-electron chi connectivity index (χ0n) is 10.8. The first kappa shape index (κ1) is 13.1. The molecule has 0 radical (unpaired) electrons. The van der Waals surface area contributed by atoms with Gasteiger partial charge in [-0.3, -0.25) is 4.79 Å². The van der Waals surface area contributed by atoms with Crippen molar-refractivity contribution in [3.8, 4) is 5.75 Å². The average Bonchev–Trinajstić information content (AvgIpc) is 2.69. The third kappa shape index (κ3) is 3.58. The molecule has 0 spiro atoms. The van der Waals surface area contributed by atoms with Gasteiger partial charge in [0, 0.05) is 0 Å². The first-order chi connectivity index (χ1) is 9.04. The molecule has 5 nitrogen and oxygen atoms in total. The van der Waals surface area contributed by atoms with Crippen LogP contribution in [0.2, 0.25) is 0 Å². The molecule has 0 amide bonds. The van der Waals surface area contributed by atoms with Crippen molar-refractivity contribution in [1.29, 1.82) is 0 Å². The van der Waals surface area contributed by atoms with E-state index in [0.29, 0.717) is 17.3 Å². The number of ether oxygens (including phenoxy) is 1. The van der Waals surface area contributed by atoms with E-state index in [0.717, 1.165) is 11.3 Å². The lowest BCUT2D eigenvalue weighted by atomic mass is 10.2. The Kier molecular flexibility index (Phi) is 3.85. The maximum absolute atomic E-state index is 10.6. The van der Waals surface area contributed by atoms with E-state index in [4.69, 9.17) is 14.3 Å². The van der Waals surface area contributed by atoms with Gasteiger partial charge in [-0.15, -0.1) is 0 Å². The van der Waals surface area contributed by atoms with E-state index in [2.05, 4.69) is 4.98 Å². The minimum absolute atomic E-state index is 0.139. The van der Waals surface area contributed by atoms with E-state index >= 15 is 0 Å². The first-order valence-electron chi connectivity index (χ1n) is 5.91. The van der Waals surface area contributed by atoms with Gasteiger partial charge in [0.15, 0.2) is 6.61 Å². The molecule has 0 saturated carbocycles. The summed E-state index contributed by atoms with van der Waals surface area (Å²) in [6, 6.07) is 7.63. The van der Waals surface area contributed by atoms with E-state index in [-0.39, 0.29) is 13.0 Å². The van der Waals surface area contributed by atoms with Gasteiger partial charge in [0.05, 0.1) is 12.1 Å². The van der Waals surface area contributed by atoms with Crippen LogP contribution in [0.3, 0.4) is 0 Å². The van der Waals surface area contributed by atoms with Crippen LogP contribution in [0.4, 0.5) is 0 Å². The number of carboxylic acid groups (broad SMARTS) is 1. The maximum Gasteiger partial charge on any atom is 0.309 e. The fraction of sp³-hybridized carbons (Fsp3) is 0.286. The number of aromatic nitrogens is 1. The van der Waals surface area contributed by atoms with Crippen LogP contribution in [-0.4, -0.2) is 16.1 Å². The molecule has 0 aliphatic rings. The molecule has 0 saturated heterocycles. The Balaban J connectivity index is 1.99. The summed E-state index contributed by atoms with van der Waals surface area (Å²) < 4.78 is 10.9. The van der Waals surface area contributed by atoms with Gasteiger partial charge in [-0.05, 0) is 26.0 Å². The van der Waals surface area contributed by atoms with E-state index < -0.39 is 5.97 Å². The topological polar surface area (TPSA) is 72.6 Å². The highest BCUT2D eigenvalue weighted by atomic mass is 16.5. The predicted octanol–water partition coefficient (Wildman–Crippen LogP) is 2.50. The summed E-state index contributed by atoms with van der Waals surface area (Å²) in [5.41, 5.74) is 1.60. The molecule has 1 heterocycles. The number of aryl methyl sites for hydroxylation is 2. The lowest BCUT2D eigenvalue weighted by Crippen LogP contribution is -2.02. The van der Waals surface area contributed by atoms with Crippen LogP contribution >= 0.6 is 0 Å². The summed E-state index contributed by atoms with van der Waals surface area (Å²) in [6.07, 6.45) is -0.139. The number of nitrogens with zero attached hydrogens (tertiary/aromatic N) is 1. The Hall–Kier alpha value is -2.30. The number of benzene rings is 1. The Labute approximate surface area is 110 Å². The van der Waals surface area contributed by atoms with Crippen molar-refractivity contribution in [3.63, 3.8) is 0 Å². The number of hydrogen-bond donors (Lipinski definition) is 1. The molecule has 100 valence electrons. The number of rotatable bonds is 5. The van der Waals surface area contributed by atoms with Crippen LogP contribution in [0.25, 0.3) is 0 Å². The van der Waals surface area contributed by atoms with Gasteiger partial charge in [-0.2, -0.15) is 0 Å². The molecule has 0 unspecified atom stereocenters. The first-order valence-corrected chi connectivity index (χ1v) is 5.91. The van der Waals surface area contributed by atoms with Crippen LogP contribution in [-0.2, 0) is 17.8 Å². The Morgan fingerprint density at radius 2 is 2.00 bits per heavy atom. The normalized spacial score (nSPS) is 10.4. The predicted molar refractivity (Wildman–Crippen MR) is 68.1 cm³/mol. The smallest absolute Gasteiger partial charge is 0.309 e. The Morgan fingerprint density at radius 1 is 1.32 bits per heavy atom. The van der Waals surface area contributed by atoms with Crippen molar-refractivity contribution in [2.45, 2.75) is 26.9 Å². The minimum Gasteiger partial charge on any atom is -0.484 e. The number of carboxylic acids is 1. The molecule has 1 aromatic heterocycles. The molecule has 19 heavy (non-hydrogen) atoms. The lowest BCUT2D eigenvalue weighted by Gasteiger charge is -2.03. The molecule has 2 aromatic rings. The van der Waals surface area contributed by atoms with E-state index in [1.165, 1.54) is 0 Å². The number of oxazole rings is 1. The molecule has 5 heteroatoms. The highest BCUT2D eigenvalue weighted by molar-refractivity contribution is 5.69. The van der Waals surface area contributed by atoms with Gasteiger partial charge in [0.2, 0.25) is 5.89 Å². The third-order valence-electron chi connectivity index (χ3n) is 2.64. The van der Waals surface area contributed by atoms with E-state index in [9.17, 15) is 4.79 Å². The van der Waals surface area contributed by atoms with Crippen molar-refractivity contribution >= 4 is 5.97 Å². The molecule has 1 aromatic carbocycles. The molecule has 0 fully saturated rings. The van der Waals surface area contributed by atoms with Gasteiger partial charge < -0.3 is 14.3 Å². The fourth-order valence-corrected chi connectivity index (χ4v) is 1.64. The summed E-state index contributed by atoms with van der Waals surface area (Å²) in [5, 5.41) is 8.72. The second-order valence-electron chi connectivity index (χ2n) is 4.28. The zero-order chi connectivity index (χ0) is 13.8. The molecular formula is C14H15NO4. The maximum atomic E-state index is 10.6. The highest BCUT2D eigenvalue weighted by Gasteiger charge is 2.12. The monoisotopic (exact) mass is 261 g/mol. The molecular weight excluding hydrogens is 246 g/mol. The van der Waals surface area contributed by atoms with Crippen LogP contribution < -0.4 is 4.74 Å². The summed E-state index contributed by atoms with van der Waals surface area (Å²) in [6.45, 7) is 3.88. The summed E-state index contributed by atoms with van der Waals surface area (Å²) in [5.74, 6) is 0.697. The van der Waals surface area contributed by atoms with Gasteiger partial charge in [0.1, 0.15) is 11.5 Å². The second kappa shape index (κ2) is 5.56. The number of carbonyl (C=O) groups is 1. The molecule has 0 aliphatic carbocycles. The van der Waals surface area contributed by atoms with Gasteiger partial charge in [-0.1, -0.05) is 17.7 Å². The van der Waals surface area contributed by atoms with Gasteiger partial charge in [-0.25, -0.2) is 4.98 Å². The second-order valence-corrected chi connectivity index (χ2v) is 4.28. The van der Waals surface area contributed by atoms with Crippen molar-refractivity contribution in [1.82, 2.24) is 4.98 Å². The molecule has 0 aliphatic heterocycles. The largest absolute Gasteiger partial charge is 0.484 e. The SMILES string of the molecule is Cc1ccc(OCc2nc(CC(=O)O)c(C)o2)cc1. The van der Waals surface area contributed by atoms with Crippen molar-refractivity contribution in [2.24, 2.45) is 0 Å². The molecule has 0 bridgehead atoms. The van der Waals surface area contributed by atoms with Gasteiger partial charge >= 0.3 is 5.97 Å². The summed E-state index contributed by atoms with van der Waals surface area (Å²) >= 11 is 0. The van der Waals surface area contributed by atoms with Crippen LogP contribution in [0.5, 0.6) is 5.75 Å². The quantitative estimate of drug-likeness (QED) is 0.895. The lowest BCUT2D eigenvalue weighted by molar-refractivity contribution is -0.136. The van der Waals surface area contributed by atoms with Crippen molar-refractivity contribution in [2.75, 3.05) is 0 Å². The average molecular weight is 261 g/mol. The molecule has 0 atom stereocenters. The molecule has 1 N–H and O–H groups in total. The Morgan fingerprint density at radius 3 is 2.63 bits per heavy atom. The van der Waals surface area contributed by atoms with Crippen molar-refractivity contribution < 1.29 is 19.1 Å². The Bertz CT molecular complexity index is 572. The number of hydrogen-bond acceptors (Lipinski definition) is 4. The molecule has 2 rings (SSSR count). The van der Waals surface area contributed by atoms with E-state index in [1.807, 2.05) is 31.2 Å². The van der Waals surface area contributed by atoms with Crippen LogP contribution in [0, 0.1) is 13.8 Å². The standard InChI is InChI=1S/C14H15NO4/c1-9-3-5-11(6-4-9)18-8-13-15-12(7-14(16)17)10(2)19-13/h3-6H,7-8H2,1-2H3,(H,16,17). The fourth-order valence-electron chi connectivity index (χ4n) is 1.64. The summed E-state index contributed by atoms with van der Waals surface area (Å²) in [7, 11) is 0. The van der Waals surface area contributed by atoms with Crippen LogP contribution in [0.1, 0.15) is 22.9 Å². The number of aliphatic carboxylic acids is 1. The van der Waals surface area contributed by atoms with Crippen LogP contribution in [0.15, 0.2) is 28.7 Å². The minimum atomic E-state index is -0.928. The van der Waals surface area contributed by atoms with E-state index in [1.54, 1.807) is 6.92 Å².